The van der Waals surface area contributed by atoms with E-state index in [2.05, 4.69) is 152 Å². The molecule has 11 rings (SSSR count). The molecule has 2 heterocycles. The van der Waals surface area contributed by atoms with Crippen LogP contribution in [0, 0.1) is 0 Å². The standard InChI is InChI=1S/C54H38N4/c1-54(2)46-23-13-12-21-43(46)50-42(22-14-24-47(50)54)40-30-32-49-45(34-40)44-33-39(29-31-48(44)58(49)41-19-10-5-11-20-41)35-25-27-38(28-26-35)53-56-51(36-15-6-3-7-16-36)55-52(57-53)37-17-8-4-9-18-37/h3-34H,1-2H3. The fourth-order valence-corrected chi connectivity index (χ4v) is 8.97. The third kappa shape index (κ3) is 5.48. The number of benzene rings is 8. The summed E-state index contributed by atoms with van der Waals surface area (Å²) in [4.78, 5) is 14.8. The first kappa shape index (κ1) is 33.9. The van der Waals surface area contributed by atoms with Crippen LogP contribution < -0.4 is 0 Å². The smallest absolute Gasteiger partial charge is 0.164 e. The van der Waals surface area contributed by atoms with Crippen LogP contribution in [-0.2, 0) is 5.41 Å². The van der Waals surface area contributed by atoms with E-state index in [1.165, 1.54) is 55.2 Å². The van der Waals surface area contributed by atoms with Gasteiger partial charge < -0.3 is 4.57 Å². The van der Waals surface area contributed by atoms with Crippen LogP contribution in [0.2, 0.25) is 0 Å². The second-order valence-electron chi connectivity index (χ2n) is 15.6. The van der Waals surface area contributed by atoms with E-state index in [0.29, 0.717) is 17.5 Å². The van der Waals surface area contributed by atoms with E-state index in [-0.39, 0.29) is 5.41 Å². The number of para-hydroxylation sites is 1. The molecule has 4 heteroatoms. The van der Waals surface area contributed by atoms with E-state index in [1.54, 1.807) is 0 Å². The minimum absolute atomic E-state index is 0.0578. The van der Waals surface area contributed by atoms with Crippen LogP contribution in [0.25, 0.3) is 95.0 Å². The lowest BCUT2D eigenvalue weighted by molar-refractivity contribution is 0.660. The van der Waals surface area contributed by atoms with Gasteiger partial charge in [-0.05, 0) is 80.9 Å². The zero-order valence-corrected chi connectivity index (χ0v) is 32.3. The highest BCUT2D eigenvalue weighted by Crippen LogP contribution is 2.52. The van der Waals surface area contributed by atoms with Crippen molar-refractivity contribution in [1.29, 1.82) is 0 Å². The monoisotopic (exact) mass is 742 g/mol. The van der Waals surface area contributed by atoms with Gasteiger partial charge in [-0.25, -0.2) is 15.0 Å². The molecule has 0 radical (unpaired) electrons. The molecular formula is C54H38N4. The normalized spacial score (nSPS) is 12.8. The van der Waals surface area contributed by atoms with E-state index >= 15 is 0 Å². The summed E-state index contributed by atoms with van der Waals surface area (Å²) in [6, 6.07) is 69.1. The van der Waals surface area contributed by atoms with E-state index in [9.17, 15) is 0 Å². The van der Waals surface area contributed by atoms with Crippen molar-refractivity contribution < 1.29 is 0 Å². The van der Waals surface area contributed by atoms with Gasteiger partial charge in [-0.2, -0.15) is 0 Å². The van der Waals surface area contributed by atoms with Gasteiger partial charge >= 0.3 is 0 Å². The third-order valence-electron chi connectivity index (χ3n) is 11.9. The molecular weight excluding hydrogens is 705 g/mol. The van der Waals surface area contributed by atoms with Crippen LogP contribution >= 0.6 is 0 Å². The van der Waals surface area contributed by atoms with Gasteiger partial charge in [0, 0.05) is 38.6 Å². The molecule has 0 unspecified atom stereocenters. The molecule has 0 saturated carbocycles. The molecule has 0 amide bonds. The molecule has 0 spiro atoms. The molecule has 0 N–H and O–H groups in total. The predicted octanol–water partition coefficient (Wildman–Crippen LogP) is 13.6. The zero-order chi connectivity index (χ0) is 38.8. The average Bonchev–Trinajstić information content (AvgIpc) is 3.74. The fourth-order valence-electron chi connectivity index (χ4n) is 8.97. The van der Waals surface area contributed by atoms with Crippen molar-refractivity contribution in [2.24, 2.45) is 0 Å². The summed E-state index contributed by atoms with van der Waals surface area (Å²) in [5.74, 6) is 1.95. The highest BCUT2D eigenvalue weighted by molar-refractivity contribution is 6.12. The van der Waals surface area contributed by atoms with E-state index < -0.39 is 0 Å². The van der Waals surface area contributed by atoms with E-state index in [4.69, 9.17) is 15.0 Å². The number of hydrogen-bond donors (Lipinski definition) is 0. The lowest BCUT2D eigenvalue weighted by atomic mass is 9.82. The second-order valence-corrected chi connectivity index (χ2v) is 15.6. The van der Waals surface area contributed by atoms with Crippen LogP contribution in [0.3, 0.4) is 0 Å². The van der Waals surface area contributed by atoms with Gasteiger partial charge in [0.15, 0.2) is 17.5 Å². The topological polar surface area (TPSA) is 43.6 Å². The third-order valence-corrected chi connectivity index (χ3v) is 11.9. The second kappa shape index (κ2) is 13.4. The maximum Gasteiger partial charge on any atom is 0.164 e. The molecule has 8 aromatic carbocycles. The fraction of sp³-hybridized carbons (Fsp3) is 0.0556. The average molecular weight is 743 g/mol. The Morgan fingerprint density at radius 3 is 1.43 bits per heavy atom. The number of rotatable bonds is 6. The summed E-state index contributed by atoms with van der Waals surface area (Å²) in [7, 11) is 0. The van der Waals surface area contributed by atoms with Crippen LogP contribution in [-0.4, -0.2) is 19.5 Å². The van der Waals surface area contributed by atoms with Gasteiger partial charge in [0.2, 0.25) is 0 Å². The molecule has 0 atom stereocenters. The summed E-state index contributed by atoms with van der Waals surface area (Å²) >= 11 is 0. The Balaban J connectivity index is 1.04. The summed E-state index contributed by atoms with van der Waals surface area (Å²) in [6.45, 7) is 4.69. The molecule has 0 fully saturated rings. The summed E-state index contributed by atoms with van der Waals surface area (Å²) in [5, 5.41) is 2.44. The minimum atomic E-state index is -0.0578. The quantitative estimate of drug-likeness (QED) is 0.170. The van der Waals surface area contributed by atoms with Crippen molar-refractivity contribution in [3.63, 3.8) is 0 Å². The first-order valence-electron chi connectivity index (χ1n) is 19.9. The number of hydrogen-bond acceptors (Lipinski definition) is 3. The van der Waals surface area contributed by atoms with Crippen molar-refractivity contribution in [3.8, 4) is 73.2 Å². The predicted molar refractivity (Wildman–Crippen MR) is 239 cm³/mol. The molecule has 1 aliphatic carbocycles. The van der Waals surface area contributed by atoms with E-state index in [0.717, 1.165) is 33.5 Å². The first-order chi connectivity index (χ1) is 28.5. The van der Waals surface area contributed by atoms with Gasteiger partial charge in [-0.15, -0.1) is 0 Å². The van der Waals surface area contributed by atoms with Crippen molar-refractivity contribution in [3.05, 3.63) is 205 Å². The van der Waals surface area contributed by atoms with Crippen molar-refractivity contribution in [2.45, 2.75) is 19.3 Å². The van der Waals surface area contributed by atoms with Crippen LogP contribution in [0.4, 0.5) is 0 Å². The minimum Gasteiger partial charge on any atom is -0.309 e. The maximum absolute atomic E-state index is 4.96. The lowest BCUT2D eigenvalue weighted by Crippen LogP contribution is -2.14. The first-order valence-corrected chi connectivity index (χ1v) is 19.9. The Kier molecular flexibility index (Phi) is 7.80. The Labute approximate surface area is 337 Å². The molecule has 1 aliphatic rings. The molecule has 0 bridgehead atoms. The van der Waals surface area contributed by atoms with Gasteiger partial charge in [0.05, 0.1) is 11.0 Å². The maximum atomic E-state index is 4.96. The summed E-state index contributed by atoms with van der Waals surface area (Å²) in [6.07, 6.45) is 0. The molecule has 0 aliphatic heterocycles. The van der Waals surface area contributed by atoms with E-state index in [1.807, 2.05) is 60.7 Å². The van der Waals surface area contributed by atoms with Gasteiger partial charge in [-0.1, -0.05) is 172 Å². The van der Waals surface area contributed by atoms with Crippen LogP contribution in [0.5, 0.6) is 0 Å². The van der Waals surface area contributed by atoms with Crippen molar-refractivity contribution >= 4 is 21.8 Å². The van der Waals surface area contributed by atoms with Crippen LogP contribution in [0.15, 0.2) is 194 Å². The lowest BCUT2D eigenvalue weighted by Gasteiger charge is -2.21. The van der Waals surface area contributed by atoms with Crippen molar-refractivity contribution in [2.75, 3.05) is 0 Å². The van der Waals surface area contributed by atoms with Gasteiger partial charge in [0.25, 0.3) is 0 Å². The molecule has 0 saturated heterocycles. The molecule has 10 aromatic rings. The Morgan fingerprint density at radius 1 is 0.362 bits per heavy atom. The zero-order valence-electron chi connectivity index (χ0n) is 32.3. The molecule has 2 aromatic heterocycles. The summed E-state index contributed by atoms with van der Waals surface area (Å²) in [5.41, 5.74) is 16.5. The SMILES string of the molecule is CC1(C)c2ccccc2-c2c(-c3ccc4c(c3)c3cc(-c5ccc(-c6nc(-c7ccccc7)nc(-c7ccccc7)n6)cc5)ccc3n4-c3ccccc3)cccc21. The molecule has 274 valence electrons. The van der Waals surface area contributed by atoms with Gasteiger partial charge in [-0.3, -0.25) is 0 Å². The van der Waals surface area contributed by atoms with Gasteiger partial charge in [0.1, 0.15) is 0 Å². The Morgan fingerprint density at radius 2 is 0.810 bits per heavy atom. The molecule has 58 heavy (non-hydrogen) atoms. The largest absolute Gasteiger partial charge is 0.309 e. The van der Waals surface area contributed by atoms with Crippen molar-refractivity contribution in [1.82, 2.24) is 19.5 Å². The Bertz CT molecular complexity index is 3110. The molecule has 4 nitrogen and oxygen atoms in total. The number of aromatic nitrogens is 4. The van der Waals surface area contributed by atoms with Crippen LogP contribution in [0.1, 0.15) is 25.0 Å². The number of nitrogens with zero attached hydrogens (tertiary/aromatic N) is 4. The number of fused-ring (bicyclic) bond motifs is 6. The highest BCUT2D eigenvalue weighted by atomic mass is 15.0. The Hall–Kier alpha value is -7.43. The highest BCUT2D eigenvalue weighted by Gasteiger charge is 2.36. The summed E-state index contributed by atoms with van der Waals surface area (Å²) < 4.78 is 2.39.